The summed E-state index contributed by atoms with van der Waals surface area (Å²) in [5.74, 6) is 1.54. The van der Waals surface area contributed by atoms with Crippen LogP contribution < -0.4 is 9.47 Å². The van der Waals surface area contributed by atoms with Crippen molar-refractivity contribution in [3.8, 4) is 11.5 Å². The summed E-state index contributed by atoms with van der Waals surface area (Å²) in [6.07, 6.45) is 1.86. The fraction of sp³-hybridized carbons (Fsp3) is 0.160. The van der Waals surface area contributed by atoms with Gasteiger partial charge in [0.1, 0.15) is 18.1 Å². The van der Waals surface area contributed by atoms with E-state index in [2.05, 4.69) is 6.58 Å². The lowest BCUT2D eigenvalue weighted by Gasteiger charge is -2.38. The largest absolute Gasteiger partial charge is 0.490 e. The molecule has 7 nitrogen and oxygen atoms in total. The van der Waals surface area contributed by atoms with Gasteiger partial charge in [-0.25, -0.2) is 5.01 Å². The van der Waals surface area contributed by atoms with E-state index in [9.17, 15) is 10.1 Å². The molecule has 160 valence electrons. The maximum absolute atomic E-state index is 11.3. The quantitative estimate of drug-likeness (QED) is 0.299. The number of hydrazone groups is 1. The summed E-state index contributed by atoms with van der Waals surface area (Å²) < 4.78 is 11.9. The molecule has 0 spiro atoms. The highest BCUT2D eigenvalue weighted by molar-refractivity contribution is 6.02. The first-order valence-electron chi connectivity index (χ1n) is 10.3. The van der Waals surface area contributed by atoms with Crippen molar-refractivity contribution in [3.05, 3.63) is 112 Å². The number of ether oxygens (including phenoxy) is 2. The van der Waals surface area contributed by atoms with Crippen molar-refractivity contribution in [2.45, 2.75) is 18.7 Å². The molecule has 0 aromatic heterocycles. The van der Waals surface area contributed by atoms with E-state index in [1.807, 2.05) is 59.6 Å². The van der Waals surface area contributed by atoms with E-state index in [4.69, 9.17) is 14.6 Å². The highest BCUT2D eigenvalue weighted by atomic mass is 16.6. The van der Waals surface area contributed by atoms with Gasteiger partial charge in [-0.2, -0.15) is 5.10 Å². The number of benzene rings is 3. The third-order valence-electron chi connectivity index (χ3n) is 5.62. The Hall–Kier alpha value is -4.13. The minimum Gasteiger partial charge on any atom is -0.490 e. The predicted molar refractivity (Wildman–Crippen MR) is 121 cm³/mol. The number of hydrogen-bond donors (Lipinski definition) is 0. The van der Waals surface area contributed by atoms with Crippen LogP contribution in [0, 0.1) is 10.1 Å². The average molecular weight is 427 g/mol. The molecule has 0 N–H and O–H groups in total. The number of non-ortho nitro benzene ring substituents is 1. The molecule has 0 bridgehead atoms. The van der Waals surface area contributed by atoms with Crippen LogP contribution in [0.5, 0.6) is 11.5 Å². The fourth-order valence-electron chi connectivity index (χ4n) is 4.12. The van der Waals surface area contributed by atoms with Crippen LogP contribution in [0.1, 0.15) is 35.4 Å². The summed E-state index contributed by atoms with van der Waals surface area (Å²) in [7, 11) is 0. The second kappa shape index (κ2) is 8.19. The first-order chi connectivity index (χ1) is 15.6. The van der Waals surface area contributed by atoms with Crippen molar-refractivity contribution in [2.75, 3.05) is 6.61 Å². The van der Waals surface area contributed by atoms with Gasteiger partial charge in [0.15, 0.2) is 0 Å². The number of nitro groups is 1. The minimum atomic E-state index is -0.553. The van der Waals surface area contributed by atoms with Crippen LogP contribution in [0.2, 0.25) is 0 Å². The van der Waals surface area contributed by atoms with Gasteiger partial charge in [-0.3, -0.25) is 10.1 Å². The first-order valence-corrected chi connectivity index (χ1v) is 10.3. The molecule has 0 aliphatic carbocycles. The van der Waals surface area contributed by atoms with Crippen molar-refractivity contribution in [1.29, 1.82) is 0 Å². The van der Waals surface area contributed by atoms with E-state index in [0.29, 0.717) is 18.6 Å². The first kappa shape index (κ1) is 19.8. The molecular formula is C25H21N3O4. The van der Waals surface area contributed by atoms with E-state index >= 15 is 0 Å². The second-order valence-corrected chi connectivity index (χ2v) is 7.63. The van der Waals surface area contributed by atoms with E-state index in [1.165, 1.54) is 6.07 Å². The van der Waals surface area contributed by atoms with Gasteiger partial charge in [0.05, 0.1) is 16.7 Å². The van der Waals surface area contributed by atoms with Crippen LogP contribution in [0.15, 0.2) is 90.6 Å². The predicted octanol–water partition coefficient (Wildman–Crippen LogP) is 5.40. The Morgan fingerprint density at radius 2 is 1.97 bits per heavy atom. The highest BCUT2D eigenvalue weighted by Gasteiger charge is 2.41. The van der Waals surface area contributed by atoms with Crippen LogP contribution in [-0.2, 0) is 0 Å². The number of nitrogens with zero attached hydrogens (tertiary/aromatic N) is 3. The number of para-hydroxylation sites is 1. The topological polar surface area (TPSA) is 77.2 Å². The highest BCUT2D eigenvalue weighted by Crippen LogP contribution is 2.47. The zero-order valence-electron chi connectivity index (χ0n) is 17.3. The Morgan fingerprint density at radius 3 is 2.75 bits per heavy atom. The zero-order chi connectivity index (χ0) is 22.1. The molecule has 2 aliphatic rings. The van der Waals surface area contributed by atoms with Crippen molar-refractivity contribution in [1.82, 2.24) is 5.01 Å². The molecule has 2 aliphatic heterocycles. The molecule has 0 unspecified atom stereocenters. The monoisotopic (exact) mass is 427 g/mol. The molecule has 2 atom stereocenters. The summed E-state index contributed by atoms with van der Waals surface area (Å²) in [6.45, 7) is 4.12. The molecule has 0 saturated heterocycles. The molecule has 32 heavy (non-hydrogen) atoms. The molecule has 0 radical (unpaired) electrons. The van der Waals surface area contributed by atoms with Gasteiger partial charge in [-0.05, 0) is 35.9 Å². The number of rotatable bonds is 6. The SMILES string of the molecule is C=CCOc1ccc(C2=NN3[C@@H](c4cccc([N+](=O)[O-])c4)Oc4ccccc4[C@@H]3C2)cc1. The van der Waals surface area contributed by atoms with E-state index in [0.717, 1.165) is 28.3 Å². The van der Waals surface area contributed by atoms with Gasteiger partial charge in [-0.1, -0.05) is 43.0 Å². The fourth-order valence-corrected chi connectivity index (χ4v) is 4.12. The summed E-state index contributed by atoms with van der Waals surface area (Å²) in [6, 6.07) is 22.2. The van der Waals surface area contributed by atoms with Gasteiger partial charge in [0.25, 0.3) is 5.69 Å². The average Bonchev–Trinajstić information content (AvgIpc) is 3.28. The molecule has 7 heteroatoms. The Labute approximate surface area is 185 Å². The Bertz CT molecular complexity index is 1210. The third-order valence-corrected chi connectivity index (χ3v) is 5.62. The van der Waals surface area contributed by atoms with Gasteiger partial charge in [0.2, 0.25) is 6.23 Å². The lowest BCUT2D eigenvalue weighted by Crippen LogP contribution is -2.33. The smallest absolute Gasteiger partial charge is 0.269 e. The van der Waals surface area contributed by atoms with Crippen molar-refractivity contribution in [2.24, 2.45) is 5.10 Å². The van der Waals surface area contributed by atoms with Crippen LogP contribution >= 0.6 is 0 Å². The number of fused-ring (bicyclic) bond motifs is 3. The van der Waals surface area contributed by atoms with Crippen molar-refractivity contribution in [3.63, 3.8) is 0 Å². The maximum atomic E-state index is 11.3. The third kappa shape index (κ3) is 3.58. The van der Waals surface area contributed by atoms with Crippen LogP contribution in [-0.4, -0.2) is 22.3 Å². The molecule has 0 saturated carbocycles. The normalized spacial score (nSPS) is 18.8. The Balaban J connectivity index is 1.51. The maximum Gasteiger partial charge on any atom is 0.269 e. The van der Waals surface area contributed by atoms with Crippen LogP contribution in [0.25, 0.3) is 0 Å². The Morgan fingerprint density at radius 1 is 1.16 bits per heavy atom. The molecule has 0 fully saturated rings. The summed E-state index contributed by atoms with van der Waals surface area (Å²) in [5, 5.41) is 18.1. The van der Waals surface area contributed by atoms with Crippen LogP contribution in [0.3, 0.4) is 0 Å². The molecule has 2 heterocycles. The molecule has 0 amide bonds. The molecule has 3 aromatic rings. The number of nitro benzene ring substituents is 1. The van der Waals surface area contributed by atoms with E-state index in [-0.39, 0.29) is 11.7 Å². The Kier molecular flexibility index (Phi) is 5.07. The van der Waals surface area contributed by atoms with Gasteiger partial charge >= 0.3 is 0 Å². The van der Waals surface area contributed by atoms with Gasteiger partial charge in [0, 0.05) is 29.7 Å². The second-order valence-electron chi connectivity index (χ2n) is 7.63. The van der Waals surface area contributed by atoms with E-state index < -0.39 is 11.2 Å². The van der Waals surface area contributed by atoms with Crippen LogP contribution in [0.4, 0.5) is 5.69 Å². The minimum absolute atomic E-state index is 0.0177. The standard InChI is InChI=1S/C25H21N3O4/c1-2-14-31-20-12-10-17(11-13-20)22-16-23-21-8-3-4-9-24(21)32-25(27(23)26-22)18-6-5-7-19(15-18)28(29)30/h2-13,15,23,25H,1,14,16H2/t23-,25+/m0/s1. The van der Waals surface area contributed by atoms with Crippen molar-refractivity contribution >= 4 is 11.4 Å². The summed E-state index contributed by atoms with van der Waals surface area (Å²) in [4.78, 5) is 10.9. The molecule has 5 rings (SSSR count). The van der Waals surface area contributed by atoms with E-state index in [1.54, 1.807) is 18.2 Å². The lowest BCUT2D eigenvalue weighted by molar-refractivity contribution is -0.385. The summed E-state index contributed by atoms with van der Waals surface area (Å²) >= 11 is 0. The zero-order valence-corrected chi connectivity index (χ0v) is 17.3. The lowest BCUT2D eigenvalue weighted by atomic mass is 9.96. The number of hydrogen-bond acceptors (Lipinski definition) is 6. The van der Waals surface area contributed by atoms with Crippen molar-refractivity contribution < 1.29 is 14.4 Å². The summed E-state index contributed by atoms with van der Waals surface area (Å²) in [5.41, 5.74) is 3.71. The van der Waals surface area contributed by atoms with Gasteiger partial charge in [-0.15, -0.1) is 0 Å². The van der Waals surface area contributed by atoms with Gasteiger partial charge < -0.3 is 9.47 Å². The molecule has 3 aromatic carbocycles. The molecular weight excluding hydrogens is 406 g/mol.